The number of unbranched alkanes of at least 4 members (excludes halogenated alkanes) is 1. The van der Waals surface area contributed by atoms with Gasteiger partial charge < -0.3 is 20.7 Å². The van der Waals surface area contributed by atoms with Crippen LogP contribution in [0.15, 0.2) is 29.2 Å². The Labute approximate surface area is 215 Å². The minimum absolute atomic E-state index is 0.0535. The van der Waals surface area contributed by atoms with Gasteiger partial charge in [-0.25, -0.2) is 4.79 Å². The smallest absolute Gasteiger partial charge is 0.315 e. The maximum Gasteiger partial charge on any atom is 0.315 e. The van der Waals surface area contributed by atoms with Crippen LogP contribution in [0.5, 0.6) is 0 Å². The molecule has 0 aliphatic carbocycles. The van der Waals surface area contributed by atoms with Gasteiger partial charge in [0, 0.05) is 50.6 Å². The standard InChI is InChI=1S/C26H34N4O3S2/c1-26(2,3)35-18-9-8-16-12-17-14-29(11-10-20(17)30(33)21(16)13-18)23(31)7-5-4-6-22-24-19(15-34-22)27-25(32)28-24/h8-9,12-13,19,22,24H,4-7,10-11,14-15H2,1-3H3,(H2,27,28,32)/t19-,22-,24-/m0/s1. The Bertz CT molecular complexity index is 1150. The number of hydrogen-bond donors (Lipinski definition) is 2. The van der Waals surface area contributed by atoms with E-state index in [1.807, 2.05) is 28.8 Å². The first-order valence-corrected chi connectivity index (χ1v) is 14.4. The van der Waals surface area contributed by atoms with Gasteiger partial charge in [0.05, 0.1) is 25.0 Å². The van der Waals surface area contributed by atoms with Gasteiger partial charge in [-0.2, -0.15) is 16.5 Å². The van der Waals surface area contributed by atoms with Crippen molar-refractivity contribution in [2.45, 2.75) is 86.4 Å². The second-order valence-electron chi connectivity index (χ2n) is 10.8. The third-order valence-corrected chi connectivity index (χ3v) is 9.60. The van der Waals surface area contributed by atoms with Gasteiger partial charge in [-0.3, -0.25) is 4.79 Å². The number of thioether (sulfide) groups is 2. The molecular formula is C26H34N4O3S2. The highest BCUT2D eigenvalue weighted by Gasteiger charge is 2.42. The molecule has 2 aromatic rings. The number of hydrogen-bond acceptors (Lipinski definition) is 5. The molecule has 0 radical (unpaired) electrons. The van der Waals surface area contributed by atoms with Gasteiger partial charge >= 0.3 is 6.03 Å². The van der Waals surface area contributed by atoms with E-state index in [1.54, 1.807) is 11.8 Å². The number of pyridine rings is 1. The summed E-state index contributed by atoms with van der Waals surface area (Å²) in [6.45, 7) is 7.60. The number of carbonyl (C=O) groups is 2. The highest BCUT2D eigenvalue weighted by atomic mass is 32.2. The highest BCUT2D eigenvalue weighted by molar-refractivity contribution is 8.00. The van der Waals surface area contributed by atoms with Crippen LogP contribution in [0.1, 0.15) is 57.7 Å². The van der Waals surface area contributed by atoms with E-state index in [4.69, 9.17) is 0 Å². The molecule has 4 heterocycles. The Hall–Kier alpha value is -2.13. The normalized spacial score (nSPS) is 23.7. The van der Waals surface area contributed by atoms with E-state index < -0.39 is 0 Å². The lowest BCUT2D eigenvalue weighted by atomic mass is 10.0. The number of benzene rings is 1. The molecule has 1 aromatic heterocycles. The van der Waals surface area contributed by atoms with Gasteiger partial charge in [-0.1, -0.05) is 27.2 Å². The molecule has 9 heteroatoms. The molecule has 0 spiro atoms. The Morgan fingerprint density at radius 3 is 2.89 bits per heavy atom. The molecule has 188 valence electrons. The summed E-state index contributed by atoms with van der Waals surface area (Å²) < 4.78 is 1.17. The molecule has 0 unspecified atom stereocenters. The molecule has 0 saturated carbocycles. The Kier molecular flexibility index (Phi) is 6.83. The van der Waals surface area contributed by atoms with Gasteiger partial charge in [-0.05, 0) is 31.0 Å². The van der Waals surface area contributed by atoms with E-state index in [0.29, 0.717) is 36.7 Å². The first-order chi connectivity index (χ1) is 16.7. The second kappa shape index (κ2) is 9.73. The summed E-state index contributed by atoms with van der Waals surface area (Å²) in [5, 5.41) is 20.5. The molecule has 2 N–H and O–H groups in total. The van der Waals surface area contributed by atoms with Crippen molar-refractivity contribution in [2.24, 2.45) is 0 Å². The van der Waals surface area contributed by atoms with Crippen LogP contribution in [-0.2, 0) is 17.8 Å². The van der Waals surface area contributed by atoms with Crippen LogP contribution in [-0.4, -0.2) is 51.2 Å². The lowest BCUT2D eigenvalue weighted by Gasteiger charge is -2.28. The van der Waals surface area contributed by atoms with E-state index in [9.17, 15) is 14.8 Å². The predicted octanol–water partition coefficient (Wildman–Crippen LogP) is 3.97. The largest absolute Gasteiger partial charge is 0.618 e. The summed E-state index contributed by atoms with van der Waals surface area (Å²) in [6, 6.07) is 8.59. The monoisotopic (exact) mass is 514 g/mol. The van der Waals surface area contributed by atoms with Crippen LogP contribution >= 0.6 is 23.5 Å². The van der Waals surface area contributed by atoms with E-state index in [2.05, 4.69) is 43.5 Å². The maximum absolute atomic E-state index is 13.2. The van der Waals surface area contributed by atoms with Gasteiger partial charge in [0.25, 0.3) is 0 Å². The third kappa shape index (κ3) is 5.35. The van der Waals surface area contributed by atoms with Crippen molar-refractivity contribution in [3.8, 4) is 0 Å². The summed E-state index contributed by atoms with van der Waals surface area (Å²) in [5.74, 6) is 1.13. The van der Waals surface area contributed by atoms with Gasteiger partial charge in [-0.15, -0.1) is 11.8 Å². The highest BCUT2D eigenvalue weighted by Crippen LogP contribution is 2.34. The third-order valence-electron chi connectivity index (χ3n) is 6.99. The zero-order valence-electron chi connectivity index (χ0n) is 20.6. The van der Waals surface area contributed by atoms with Gasteiger partial charge in [0.2, 0.25) is 11.4 Å². The zero-order chi connectivity index (χ0) is 24.7. The lowest BCUT2D eigenvalue weighted by molar-refractivity contribution is -0.587. The molecule has 3 amide bonds. The molecule has 5 rings (SSSR count). The van der Waals surface area contributed by atoms with Crippen LogP contribution in [0.3, 0.4) is 0 Å². The molecule has 1 aromatic carbocycles. The van der Waals surface area contributed by atoms with Gasteiger partial charge in [0.15, 0.2) is 5.69 Å². The average Bonchev–Trinajstić information content (AvgIpc) is 3.35. The summed E-state index contributed by atoms with van der Waals surface area (Å²) in [5.41, 5.74) is 2.46. The predicted molar refractivity (Wildman–Crippen MR) is 142 cm³/mol. The van der Waals surface area contributed by atoms with E-state index in [1.165, 1.54) is 0 Å². The molecule has 2 saturated heterocycles. The van der Waals surface area contributed by atoms with Crippen molar-refractivity contribution in [1.29, 1.82) is 0 Å². The fraction of sp³-hybridized carbons (Fsp3) is 0.577. The van der Waals surface area contributed by atoms with Gasteiger partial charge in [0.1, 0.15) is 0 Å². The van der Waals surface area contributed by atoms with Crippen LogP contribution in [0.4, 0.5) is 4.79 Å². The SMILES string of the molecule is CC(C)(C)Sc1ccc2cc3c([n+]([O-])c2c1)CCN(C(=O)CCCC[C@@H]1SC[C@@H]2NC(=O)N[C@@H]21)C3. The molecule has 3 atom stereocenters. The van der Waals surface area contributed by atoms with Crippen LogP contribution < -0.4 is 15.4 Å². The zero-order valence-corrected chi connectivity index (χ0v) is 22.3. The molecule has 0 bridgehead atoms. The lowest BCUT2D eigenvalue weighted by Crippen LogP contribution is -2.43. The number of rotatable bonds is 6. The van der Waals surface area contributed by atoms with Crippen LogP contribution in [0, 0.1) is 5.21 Å². The molecule has 3 aliphatic heterocycles. The number of aromatic nitrogens is 1. The van der Waals surface area contributed by atoms with Crippen LogP contribution in [0.2, 0.25) is 0 Å². The van der Waals surface area contributed by atoms with Crippen molar-refractivity contribution in [3.63, 3.8) is 0 Å². The van der Waals surface area contributed by atoms with Crippen LogP contribution in [0.25, 0.3) is 10.9 Å². The summed E-state index contributed by atoms with van der Waals surface area (Å²) in [6.07, 6.45) is 3.97. The topological polar surface area (TPSA) is 88.4 Å². The summed E-state index contributed by atoms with van der Waals surface area (Å²) in [7, 11) is 0. The summed E-state index contributed by atoms with van der Waals surface area (Å²) >= 11 is 3.68. The first kappa shape index (κ1) is 24.6. The fourth-order valence-corrected chi connectivity index (χ4v) is 7.90. The maximum atomic E-state index is 13.2. The number of amides is 3. The number of fused-ring (bicyclic) bond motifs is 3. The minimum Gasteiger partial charge on any atom is -0.618 e. The first-order valence-electron chi connectivity index (χ1n) is 12.5. The Morgan fingerprint density at radius 2 is 2.09 bits per heavy atom. The number of urea groups is 1. The Balaban J connectivity index is 1.17. The number of nitrogens with one attached hydrogen (secondary N) is 2. The van der Waals surface area contributed by atoms with Crippen molar-refractivity contribution in [2.75, 3.05) is 12.3 Å². The molecular weight excluding hydrogens is 480 g/mol. The minimum atomic E-state index is -0.0535. The van der Waals surface area contributed by atoms with Crippen molar-refractivity contribution < 1.29 is 14.3 Å². The average molecular weight is 515 g/mol. The van der Waals surface area contributed by atoms with Crippen molar-refractivity contribution in [3.05, 3.63) is 40.7 Å². The quantitative estimate of drug-likeness (QED) is 0.200. The fourth-order valence-electron chi connectivity index (χ4n) is 5.35. The van der Waals surface area contributed by atoms with E-state index >= 15 is 0 Å². The molecule has 35 heavy (non-hydrogen) atoms. The van der Waals surface area contributed by atoms with E-state index in [0.717, 1.165) is 51.3 Å². The number of nitrogens with zero attached hydrogens (tertiary/aromatic N) is 2. The van der Waals surface area contributed by atoms with E-state index in [-0.39, 0.29) is 28.8 Å². The Morgan fingerprint density at radius 1 is 1.26 bits per heavy atom. The second-order valence-corrected chi connectivity index (χ2v) is 14.0. The van der Waals surface area contributed by atoms with Crippen molar-refractivity contribution in [1.82, 2.24) is 15.5 Å². The molecule has 7 nitrogen and oxygen atoms in total. The molecule has 3 aliphatic rings. The number of carbonyl (C=O) groups excluding carboxylic acids is 2. The molecule has 2 fully saturated rings. The summed E-state index contributed by atoms with van der Waals surface area (Å²) in [4.78, 5) is 27.5. The van der Waals surface area contributed by atoms with Crippen molar-refractivity contribution >= 4 is 46.4 Å².